The van der Waals surface area contributed by atoms with Crippen LogP contribution in [0.25, 0.3) is 77.7 Å². The summed E-state index contributed by atoms with van der Waals surface area (Å²) in [7, 11) is 0. The van der Waals surface area contributed by atoms with Crippen molar-refractivity contribution >= 4 is 55.2 Å². The molecule has 3 heterocycles. The molecule has 300 valence electrons. The van der Waals surface area contributed by atoms with Crippen LogP contribution >= 0.6 is 0 Å². The van der Waals surface area contributed by atoms with Crippen molar-refractivity contribution in [1.29, 1.82) is 0 Å². The van der Waals surface area contributed by atoms with Crippen molar-refractivity contribution in [3.63, 3.8) is 0 Å². The van der Waals surface area contributed by atoms with Gasteiger partial charge in [0.05, 0.1) is 33.8 Å². The quantitative estimate of drug-likeness (QED) is 0.143. The van der Waals surface area contributed by atoms with Crippen LogP contribution in [0.1, 0.15) is 30.5 Å². The lowest BCUT2D eigenvalue weighted by Crippen LogP contribution is -2.30. The molecule has 1 aliphatic rings. The lowest BCUT2D eigenvalue weighted by Gasteiger charge is -2.42. The maximum Gasteiger partial charge on any atom is 0.235 e. The van der Waals surface area contributed by atoms with Crippen molar-refractivity contribution < 1.29 is 0 Å². The molecule has 0 fully saturated rings. The van der Waals surface area contributed by atoms with Gasteiger partial charge < -0.3 is 4.90 Å². The number of allylic oxidation sites excluding steroid dienone is 4. The summed E-state index contributed by atoms with van der Waals surface area (Å²) >= 11 is 0. The number of fused-ring (bicyclic) bond motifs is 7. The third kappa shape index (κ3) is 6.30. The van der Waals surface area contributed by atoms with E-state index in [4.69, 9.17) is 9.97 Å². The van der Waals surface area contributed by atoms with E-state index in [1.807, 2.05) is 18.2 Å². The van der Waals surface area contributed by atoms with Gasteiger partial charge in [-0.2, -0.15) is 0 Å². The number of rotatable bonds is 8. The SMILES string of the molecule is C=C/C=C(\C=C)c1ccc(-c2cc(-c3ccccc3)nc(-n3c4cc(-c5ccc6c(c5)C(C)(C)c5ccccc5N6c5ccccc5)ccc4c4c5ccccc5ccc43)n2)cc1. The summed E-state index contributed by atoms with van der Waals surface area (Å²) in [5, 5.41) is 4.72. The second kappa shape index (κ2) is 15.1. The normalized spacial score (nSPS) is 13.2. The molecular formula is C59H44N4. The predicted molar refractivity (Wildman–Crippen MR) is 265 cm³/mol. The molecule has 0 saturated heterocycles. The number of hydrogen-bond donors (Lipinski definition) is 0. The van der Waals surface area contributed by atoms with E-state index in [1.54, 1.807) is 6.08 Å². The Morgan fingerprint density at radius 1 is 0.524 bits per heavy atom. The van der Waals surface area contributed by atoms with Gasteiger partial charge in [0.15, 0.2) is 0 Å². The molecule has 63 heavy (non-hydrogen) atoms. The average molecular weight is 809 g/mol. The molecule has 10 aromatic rings. The van der Waals surface area contributed by atoms with Crippen LogP contribution in [-0.4, -0.2) is 14.5 Å². The van der Waals surface area contributed by atoms with Crippen LogP contribution in [0.2, 0.25) is 0 Å². The van der Waals surface area contributed by atoms with Gasteiger partial charge in [0.25, 0.3) is 0 Å². The van der Waals surface area contributed by atoms with Crippen molar-refractivity contribution in [2.24, 2.45) is 0 Å². The average Bonchev–Trinajstić information content (AvgIpc) is 3.68. The molecule has 4 heteroatoms. The Labute approximate surface area is 368 Å². The number of para-hydroxylation sites is 2. The van der Waals surface area contributed by atoms with Crippen molar-refractivity contribution in [1.82, 2.24) is 14.5 Å². The van der Waals surface area contributed by atoms with Gasteiger partial charge in [-0.3, -0.25) is 4.57 Å². The smallest absolute Gasteiger partial charge is 0.235 e. The molecule has 0 N–H and O–H groups in total. The zero-order chi connectivity index (χ0) is 42.7. The van der Waals surface area contributed by atoms with Gasteiger partial charge in [-0.05, 0) is 92.7 Å². The van der Waals surface area contributed by atoms with E-state index in [2.05, 4.69) is 218 Å². The maximum absolute atomic E-state index is 5.42. The van der Waals surface area contributed by atoms with Crippen LogP contribution in [0.5, 0.6) is 0 Å². The Bertz CT molecular complexity index is 3450. The molecule has 0 unspecified atom stereocenters. The summed E-state index contributed by atoms with van der Waals surface area (Å²) in [6, 6.07) is 67.5. The van der Waals surface area contributed by atoms with E-state index in [1.165, 1.54) is 38.7 Å². The lowest BCUT2D eigenvalue weighted by molar-refractivity contribution is 0.632. The summed E-state index contributed by atoms with van der Waals surface area (Å²) in [6.07, 6.45) is 5.62. The first-order valence-corrected chi connectivity index (χ1v) is 21.5. The van der Waals surface area contributed by atoms with E-state index in [0.29, 0.717) is 5.95 Å². The Morgan fingerprint density at radius 3 is 1.92 bits per heavy atom. The first-order valence-electron chi connectivity index (χ1n) is 21.5. The third-order valence-electron chi connectivity index (χ3n) is 12.7. The van der Waals surface area contributed by atoms with E-state index < -0.39 is 0 Å². The molecule has 0 radical (unpaired) electrons. The summed E-state index contributed by atoms with van der Waals surface area (Å²) in [5.74, 6) is 0.614. The molecule has 4 nitrogen and oxygen atoms in total. The van der Waals surface area contributed by atoms with Crippen molar-refractivity contribution in [2.45, 2.75) is 19.3 Å². The molecule has 0 saturated carbocycles. The minimum atomic E-state index is -0.235. The monoisotopic (exact) mass is 808 g/mol. The minimum Gasteiger partial charge on any atom is -0.310 e. The fraction of sp³-hybridized carbons (Fsp3) is 0.0508. The standard InChI is InChI=1S/C59H44N4/c1-5-17-39(6-2)40-26-28-43(29-27-40)52-38-51(42-19-9-7-10-20-42)60-58(61-52)63-55-35-31-41-18-13-14-23-47(41)57(55)48-33-30-45(37-56(48)63)44-32-34-54-50(36-44)59(3,4)49-24-15-16-25-53(49)62(54)46-21-11-8-12-22-46/h5-38H,1-2H2,3-4H3/b39-17+. The maximum atomic E-state index is 5.42. The Morgan fingerprint density at radius 2 is 1.16 bits per heavy atom. The molecule has 11 rings (SSSR count). The fourth-order valence-corrected chi connectivity index (χ4v) is 9.60. The van der Waals surface area contributed by atoms with Gasteiger partial charge in [-0.1, -0.05) is 185 Å². The van der Waals surface area contributed by atoms with Crippen molar-refractivity contribution in [2.75, 3.05) is 4.90 Å². The van der Waals surface area contributed by atoms with Gasteiger partial charge in [0, 0.05) is 33.0 Å². The molecule has 8 aromatic carbocycles. The molecule has 0 spiro atoms. The number of anilines is 3. The lowest BCUT2D eigenvalue weighted by atomic mass is 9.73. The minimum absolute atomic E-state index is 0.235. The number of aromatic nitrogens is 3. The molecule has 1 aliphatic heterocycles. The Balaban J connectivity index is 1.14. The van der Waals surface area contributed by atoms with E-state index in [0.717, 1.165) is 66.9 Å². The zero-order valence-corrected chi connectivity index (χ0v) is 35.3. The second-order valence-electron chi connectivity index (χ2n) is 16.7. The summed E-state index contributed by atoms with van der Waals surface area (Å²) in [6.45, 7) is 12.6. The van der Waals surface area contributed by atoms with Gasteiger partial charge in [0.2, 0.25) is 5.95 Å². The largest absolute Gasteiger partial charge is 0.310 e. The van der Waals surface area contributed by atoms with Gasteiger partial charge in [-0.25, -0.2) is 9.97 Å². The number of benzene rings is 8. The molecule has 2 aromatic heterocycles. The van der Waals surface area contributed by atoms with Crippen LogP contribution in [0, 0.1) is 0 Å². The van der Waals surface area contributed by atoms with E-state index in [9.17, 15) is 0 Å². The first kappa shape index (κ1) is 37.9. The summed E-state index contributed by atoms with van der Waals surface area (Å²) < 4.78 is 2.27. The molecular weight excluding hydrogens is 765 g/mol. The summed E-state index contributed by atoms with van der Waals surface area (Å²) in [4.78, 5) is 13.2. The third-order valence-corrected chi connectivity index (χ3v) is 12.7. The zero-order valence-electron chi connectivity index (χ0n) is 35.3. The highest BCUT2D eigenvalue weighted by atomic mass is 15.2. The molecule has 0 bridgehead atoms. The van der Waals surface area contributed by atoms with Crippen LogP contribution in [0.15, 0.2) is 219 Å². The van der Waals surface area contributed by atoms with Gasteiger partial charge in [0.1, 0.15) is 0 Å². The highest BCUT2D eigenvalue weighted by molar-refractivity contribution is 6.21. The van der Waals surface area contributed by atoms with Crippen molar-refractivity contribution in [3.05, 3.63) is 236 Å². The van der Waals surface area contributed by atoms with Crippen LogP contribution in [0.3, 0.4) is 0 Å². The van der Waals surface area contributed by atoms with Gasteiger partial charge >= 0.3 is 0 Å². The van der Waals surface area contributed by atoms with Crippen molar-refractivity contribution in [3.8, 4) is 39.6 Å². The van der Waals surface area contributed by atoms with E-state index >= 15 is 0 Å². The Kier molecular flexibility index (Phi) is 9.10. The second-order valence-corrected chi connectivity index (χ2v) is 16.7. The van der Waals surface area contributed by atoms with Crippen LogP contribution in [-0.2, 0) is 5.41 Å². The number of hydrogen-bond acceptors (Lipinski definition) is 3. The van der Waals surface area contributed by atoms with Crippen LogP contribution < -0.4 is 4.90 Å². The molecule has 0 amide bonds. The number of nitrogens with zero attached hydrogens (tertiary/aromatic N) is 4. The highest BCUT2D eigenvalue weighted by Gasteiger charge is 2.37. The molecule has 0 aliphatic carbocycles. The first-order chi connectivity index (χ1) is 30.9. The topological polar surface area (TPSA) is 34.0 Å². The predicted octanol–water partition coefficient (Wildman–Crippen LogP) is 15.6. The van der Waals surface area contributed by atoms with E-state index in [-0.39, 0.29) is 5.41 Å². The molecule has 0 atom stereocenters. The van der Waals surface area contributed by atoms with Crippen LogP contribution in [0.4, 0.5) is 17.1 Å². The Hall–Kier alpha value is -8.08. The highest BCUT2D eigenvalue weighted by Crippen LogP contribution is 2.52. The fourth-order valence-electron chi connectivity index (χ4n) is 9.60. The van der Waals surface area contributed by atoms with Gasteiger partial charge in [-0.15, -0.1) is 0 Å². The summed E-state index contributed by atoms with van der Waals surface area (Å²) in [5.41, 5.74) is 16.1.